The summed E-state index contributed by atoms with van der Waals surface area (Å²) < 4.78 is 4.47. The molecule has 20 heavy (non-hydrogen) atoms. The third-order valence-electron chi connectivity index (χ3n) is 4.17. The van der Waals surface area contributed by atoms with Gasteiger partial charge in [-0.2, -0.15) is 5.10 Å². The second-order valence-corrected chi connectivity index (χ2v) is 5.99. The lowest BCUT2D eigenvalue weighted by molar-refractivity contribution is 0.390. The largest absolute Gasteiger partial charge is 0.308 e. The summed E-state index contributed by atoms with van der Waals surface area (Å²) in [6.45, 7) is 7.26. The van der Waals surface area contributed by atoms with Crippen molar-refractivity contribution in [2.24, 2.45) is 0 Å². The topological polar surface area (TPSA) is 38.9 Å². The van der Waals surface area contributed by atoms with Crippen molar-refractivity contribution in [2.45, 2.75) is 39.3 Å². The van der Waals surface area contributed by atoms with E-state index >= 15 is 0 Å². The van der Waals surface area contributed by atoms with Crippen molar-refractivity contribution in [3.05, 3.63) is 11.5 Å². The molecule has 5 nitrogen and oxygen atoms in total. The maximum atomic E-state index is 5.97. The smallest absolute Gasteiger partial charge is 0.159 e. The highest BCUT2D eigenvalue weighted by molar-refractivity contribution is 6.17. The molecule has 1 fully saturated rings. The molecule has 6 heteroatoms. The number of likely N-dealkylation sites (tertiary alicyclic amines) is 1. The summed E-state index contributed by atoms with van der Waals surface area (Å²) in [5, 5.41) is 4.61. The minimum Gasteiger partial charge on any atom is -0.308 e. The number of hydrogen-bond acceptors (Lipinski definition) is 3. The van der Waals surface area contributed by atoms with Gasteiger partial charge < -0.3 is 9.47 Å². The van der Waals surface area contributed by atoms with Gasteiger partial charge in [0, 0.05) is 25.4 Å². The Labute approximate surface area is 124 Å². The third-order valence-corrected chi connectivity index (χ3v) is 4.36. The molecule has 0 N–H and O–H groups in total. The van der Waals surface area contributed by atoms with Crippen molar-refractivity contribution in [2.75, 3.05) is 26.0 Å². The lowest BCUT2D eigenvalue weighted by Crippen LogP contribution is -2.19. The molecule has 0 radical (unpaired) electrons. The summed E-state index contributed by atoms with van der Waals surface area (Å²) in [4.78, 5) is 7.19. The number of fused-ring (bicyclic) bond motifs is 1. The lowest BCUT2D eigenvalue weighted by atomic mass is 10.2. The Balaban J connectivity index is 2.17. The molecule has 1 saturated heterocycles. The van der Waals surface area contributed by atoms with Crippen LogP contribution in [0.5, 0.6) is 0 Å². The number of rotatable bonds is 4. The van der Waals surface area contributed by atoms with Crippen LogP contribution in [0.4, 0.5) is 0 Å². The maximum absolute atomic E-state index is 5.97. The van der Waals surface area contributed by atoms with Gasteiger partial charge in [0.1, 0.15) is 11.3 Å². The van der Waals surface area contributed by atoms with Crippen LogP contribution in [-0.2, 0) is 13.0 Å². The van der Waals surface area contributed by atoms with E-state index in [2.05, 4.69) is 33.2 Å². The highest BCUT2D eigenvalue weighted by atomic mass is 35.5. The molecule has 0 saturated carbocycles. The third kappa shape index (κ3) is 2.13. The summed E-state index contributed by atoms with van der Waals surface area (Å²) >= 11 is 5.97. The Morgan fingerprint density at radius 3 is 2.80 bits per heavy atom. The van der Waals surface area contributed by atoms with E-state index < -0.39 is 0 Å². The fraction of sp³-hybridized carbons (Fsp3) is 0.714. The van der Waals surface area contributed by atoms with Crippen LogP contribution in [0.2, 0.25) is 0 Å². The van der Waals surface area contributed by atoms with Gasteiger partial charge in [-0.1, -0.05) is 0 Å². The zero-order valence-electron chi connectivity index (χ0n) is 12.4. The SMILES string of the molecule is CCn1nc(C)c2nc(CCCl)n(C3CCN(C)C3)c21. The molecule has 3 heterocycles. The van der Waals surface area contributed by atoms with Crippen LogP contribution in [-0.4, -0.2) is 50.2 Å². The summed E-state index contributed by atoms with van der Waals surface area (Å²) in [6, 6.07) is 0.490. The second kappa shape index (κ2) is 5.37. The molecule has 1 aliphatic heterocycles. The zero-order chi connectivity index (χ0) is 14.3. The van der Waals surface area contributed by atoms with Crippen LogP contribution in [0.3, 0.4) is 0 Å². The first kappa shape index (κ1) is 13.9. The van der Waals surface area contributed by atoms with Crippen molar-refractivity contribution < 1.29 is 0 Å². The summed E-state index contributed by atoms with van der Waals surface area (Å²) in [5.41, 5.74) is 3.23. The van der Waals surface area contributed by atoms with E-state index in [4.69, 9.17) is 16.6 Å². The molecular weight excluding hydrogens is 274 g/mol. The normalized spacial score (nSPS) is 20.3. The fourth-order valence-electron chi connectivity index (χ4n) is 3.22. The summed E-state index contributed by atoms with van der Waals surface area (Å²) in [6.07, 6.45) is 1.99. The van der Waals surface area contributed by atoms with Gasteiger partial charge in [0.25, 0.3) is 0 Å². The molecule has 1 unspecified atom stereocenters. The van der Waals surface area contributed by atoms with Crippen LogP contribution in [0.25, 0.3) is 11.2 Å². The van der Waals surface area contributed by atoms with Crippen LogP contribution in [0.15, 0.2) is 0 Å². The van der Waals surface area contributed by atoms with E-state index in [1.807, 2.05) is 6.92 Å². The average Bonchev–Trinajstić information content (AvgIpc) is 3.06. The van der Waals surface area contributed by atoms with Gasteiger partial charge in [0.15, 0.2) is 5.65 Å². The van der Waals surface area contributed by atoms with E-state index in [0.29, 0.717) is 11.9 Å². The number of aromatic nitrogens is 4. The Morgan fingerprint density at radius 2 is 2.20 bits per heavy atom. The van der Waals surface area contributed by atoms with E-state index in [9.17, 15) is 0 Å². The van der Waals surface area contributed by atoms with Crippen molar-refractivity contribution >= 4 is 22.8 Å². The van der Waals surface area contributed by atoms with Crippen molar-refractivity contribution in [1.29, 1.82) is 0 Å². The molecule has 1 atom stereocenters. The van der Waals surface area contributed by atoms with Crippen molar-refractivity contribution in [3.8, 4) is 0 Å². The van der Waals surface area contributed by atoms with Gasteiger partial charge in [-0.05, 0) is 33.9 Å². The summed E-state index contributed by atoms with van der Waals surface area (Å²) in [5.74, 6) is 1.72. The number of aryl methyl sites for hydroxylation is 3. The molecule has 0 aliphatic carbocycles. The average molecular weight is 296 g/mol. The molecule has 0 spiro atoms. The van der Waals surface area contributed by atoms with E-state index in [-0.39, 0.29) is 0 Å². The standard InChI is InChI=1S/C14H22ClN5/c1-4-19-14-13(10(2)17-19)16-12(5-7-15)20(14)11-6-8-18(3)9-11/h11H,4-9H2,1-3H3. The number of likely N-dealkylation sites (N-methyl/N-ethyl adjacent to an activating group) is 1. The fourth-order valence-corrected chi connectivity index (χ4v) is 3.39. The Hall–Kier alpha value is -1.07. The quantitative estimate of drug-likeness (QED) is 0.812. The Bertz CT molecular complexity index is 615. The van der Waals surface area contributed by atoms with Gasteiger partial charge >= 0.3 is 0 Å². The number of alkyl halides is 1. The van der Waals surface area contributed by atoms with Gasteiger partial charge in [0.05, 0.1) is 11.7 Å². The Morgan fingerprint density at radius 1 is 1.40 bits per heavy atom. The minimum absolute atomic E-state index is 0.490. The lowest BCUT2D eigenvalue weighted by Gasteiger charge is -2.17. The second-order valence-electron chi connectivity index (χ2n) is 5.62. The number of hydrogen-bond donors (Lipinski definition) is 0. The van der Waals surface area contributed by atoms with Crippen molar-refractivity contribution in [3.63, 3.8) is 0 Å². The number of imidazole rings is 1. The number of nitrogens with zero attached hydrogens (tertiary/aromatic N) is 5. The predicted octanol–water partition coefficient (Wildman–Crippen LogP) is 2.22. The minimum atomic E-state index is 0.490. The molecule has 110 valence electrons. The molecule has 0 bridgehead atoms. The molecule has 0 aromatic carbocycles. The van der Waals surface area contributed by atoms with Crippen LogP contribution >= 0.6 is 11.6 Å². The highest BCUT2D eigenvalue weighted by Gasteiger charge is 2.27. The molecule has 3 rings (SSSR count). The van der Waals surface area contributed by atoms with Gasteiger partial charge in [0.2, 0.25) is 0 Å². The van der Waals surface area contributed by atoms with Crippen molar-refractivity contribution in [1.82, 2.24) is 24.2 Å². The van der Waals surface area contributed by atoms with Gasteiger partial charge in [-0.3, -0.25) is 0 Å². The van der Waals surface area contributed by atoms with Crippen LogP contribution < -0.4 is 0 Å². The molecular formula is C14H22ClN5. The van der Waals surface area contributed by atoms with Gasteiger partial charge in [-0.25, -0.2) is 9.67 Å². The first-order chi connectivity index (χ1) is 9.65. The molecule has 1 aliphatic rings. The predicted molar refractivity (Wildman–Crippen MR) is 81.5 cm³/mol. The molecule has 2 aromatic heterocycles. The highest BCUT2D eigenvalue weighted by Crippen LogP contribution is 2.29. The maximum Gasteiger partial charge on any atom is 0.159 e. The summed E-state index contributed by atoms with van der Waals surface area (Å²) in [7, 11) is 2.18. The zero-order valence-corrected chi connectivity index (χ0v) is 13.2. The monoisotopic (exact) mass is 295 g/mol. The van der Waals surface area contributed by atoms with E-state index in [1.165, 1.54) is 12.1 Å². The molecule has 2 aromatic rings. The Kier molecular flexibility index (Phi) is 3.73. The first-order valence-corrected chi connectivity index (χ1v) is 7.87. The van der Waals surface area contributed by atoms with E-state index in [1.54, 1.807) is 0 Å². The first-order valence-electron chi connectivity index (χ1n) is 7.34. The van der Waals surface area contributed by atoms with Crippen LogP contribution in [0, 0.1) is 6.92 Å². The van der Waals surface area contributed by atoms with Gasteiger partial charge in [-0.15, -0.1) is 11.6 Å². The number of halogens is 1. The molecule has 0 amide bonds. The van der Waals surface area contributed by atoms with E-state index in [0.717, 1.165) is 43.1 Å². The van der Waals surface area contributed by atoms with Crippen LogP contribution in [0.1, 0.15) is 30.9 Å².